The van der Waals surface area contributed by atoms with Gasteiger partial charge in [-0.15, -0.1) is 0 Å². The third kappa shape index (κ3) is 5.85. The van der Waals surface area contributed by atoms with Gasteiger partial charge in [-0.05, 0) is 76.4 Å². The summed E-state index contributed by atoms with van der Waals surface area (Å²) in [5.41, 5.74) is 0.794. The maximum absolute atomic E-state index is 14.3. The lowest BCUT2D eigenvalue weighted by molar-refractivity contribution is 0.0986. The molecule has 0 radical (unpaired) electrons. The van der Waals surface area contributed by atoms with Crippen molar-refractivity contribution >= 4 is 48.3 Å². The van der Waals surface area contributed by atoms with Crippen LogP contribution in [0.2, 0.25) is 0 Å². The fraction of sp³-hybridized carbons (Fsp3) is 0.259. The molecule has 0 bridgehead atoms. The van der Waals surface area contributed by atoms with Gasteiger partial charge in [-0.25, -0.2) is 22.2 Å². The number of anilines is 2. The molecule has 0 unspecified atom stereocenters. The Morgan fingerprint density at radius 3 is 2.29 bits per heavy atom. The summed E-state index contributed by atoms with van der Waals surface area (Å²) < 4.78 is 56.3. The lowest BCUT2D eigenvalue weighted by atomic mass is 10.2. The molecule has 0 aliphatic rings. The number of rotatable bonds is 10. The second-order valence-corrected chi connectivity index (χ2v) is 11.7. The number of carbonyl (C=O) groups excluding carboxylic acids is 1. The average molecular weight is 559 g/mol. The normalized spacial score (nSPS) is 11.7. The first-order valence-corrected chi connectivity index (χ1v) is 14.3. The molecule has 0 atom stereocenters. The molecule has 1 amide bonds. The summed E-state index contributed by atoms with van der Waals surface area (Å²) in [6, 6.07) is 16.5. The van der Waals surface area contributed by atoms with Gasteiger partial charge in [0.25, 0.3) is 15.9 Å². The molecule has 38 heavy (non-hydrogen) atoms. The van der Waals surface area contributed by atoms with E-state index in [1.807, 2.05) is 25.1 Å². The van der Waals surface area contributed by atoms with Crippen LogP contribution in [0.15, 0.2) is 71.6 Å². The number of thiazole rings is 1. The number of sulfonamides is 1. The molecule has 3 aromatic carbocycles. The maximum Gasteiger partial charge on any atom is 0.264 e. The van der Waals surface area contributed by atoms with Crippen LogP contribution in [0.1, 0.15) is 23.7 Å². The van der Waals surface area contributed by atoms with Crippen molar-refractivity contribution in [1.82, 2.24) is 9.88 Å². The monoisotopic (exact) mass is 558 g/mol. The number of nitrogens with zero attached hydrogens (tertiary/aromatic N) is 4. The zero-order valence-electron chi connectivity index (χ0n) is 21.3. The fourth-order valence-electron chi connectivity index (χ4n) is 4.03. The summed E-state index contributed by atoms with van der Waals surface area (Å²) in [7, 11) is -0.0277. The summed E-state index contributed by atoms with van der Waals surface area (Å²) in [5, 5.41) is 0.242. The molecule has 1 heterocycles. The second kappa shape index (κ2) is 11.5. The van der Waals surface area contributed by atoms with Gasteiger partial charge >= 0.3 is 0 Å². The van der Waals surface area contributed by atoms with Crippen LogP contribution in [0, 0.1) is 11.6 Å². The van der Waals surface area contributed by atoms with Crippen molar-refractivity contribution in [3.05, 3.63) is 83.9 Å². The molecule has 0 aliphatic carbocycles. The van der Waals surface area contributed by atoms with Gasteiger partial charge in [0.2, 0.25) is 0 Å². The van der Waals surface area contributed by atoms with Gasteiger partial charge in [-0.1, -0.05) is 29.5 Å². The van der Waals surface area contributed by atoms with E-state index >= 15 is 0 Å². The van der Waals surface area contributed by atoms with Crippen LogP contribution in [0.25, 0.3) is 10.2 Å². The van der Waals surface area contributed by atoms with Crippen molar-refractivity contribution < 1.29 is 22.0 Å². The molecule has 4 rings (SSSR count). The van der Waals surface area contributed by atoms with Gasteiger partial charge in [0.1, 0.15) is 11.3 Å². The first kappa shape index (κ1) is 27.6. The number of aromatic nitrogens is 1. The zero-order valence-corrected chi connectivity index (χ0v) is 22.9. The molecule has 0 fully saturated rings. The highest BCUT2D eigenvalue weighted by molar-refractivity contribution is 7.92. The quantitative estimate of drug-likeness (QED) is 0.261. The van der Waals surface area contributed by atoms with Crippen molar-refractivity contribution in [2.24, 2.45) is 0 Å². The van der Waals surface area contributed by atoms with Crippen molar-refractivity contribution in [3.63, 3.8) is 0 Å². The molecule has 11 heteroatoms. The summed E-state index contributed by atoms with van der Waals surface area (Å²) in [6.07, 6.45) is 0.612. The Bertz CT molecular complexity index is 1530. The van der Waals surface area contributed by atoms with Gasteiger partial charge in [-0.2, -0.15) is 0 Å². The van der Waals surface area contributed by atoms with E-state index in [2.05, 4.69) is 4.98 Å². The minimum Gasteiger partial charge on any atom is -0.309 e. The van der Waals surface area contributed by atoms with Crippen molar-refractivity contribution in [3.8, 4) is 0 Å². The Morgan fingerprint density at radius 2 is 1.66 bits per heavy atom. The minimum atomic E-state index is -3.85. The van der Waals surface area contributed by atoms with E-state index in [1.54, 1.807) is 31.2 Å². The Labute approximate surface area is 225 Å². The van der Waals surface area contributed by atoms with Crippen LogP contribution in [0.4, 0.5) is 19.6 Å². The molecule has 0 saturated carbocycles. The standard InChI is InChI=1S/C27H28F2N4O3S2/c1-4-33(21-9-6-5-7-10-21)38(35,36)22-13-11-19(12-14-22)26(34)32(16-8-15-31(2)3)27-30-25-23(29)17-20(28)18-24(25)37-27/h5-7,9-14,17-18H,4,8,15-16H2,1-3H3. The lowest BCUT2D eigenvalue weighted by Crippen LogP contribution is -2.33. The molecule has 4 aromatic rings. The summed E-state index contributed by atoms with van der Waals surface area (Å²) in [5.74, 6) is -1.93. The molecular weight excluding hydrogens is 530 g/mol. The Morgan fingerprint density at radius 1 is 0.974 bits per heavy atom. The van der Waals surface area contributed by atoms with Crippen LogP contribution in [-0.4, -0.2) is 57.9 Å². The van der Waals surface area contributed by atoms with Crippen molar-refractivity contribution in [1.29, 1.82) is 0 Å². The Balaban J connectivity index is 1.65. The largest absolute Gasteiger partial charge is 0.309 e. The van der Waals surface area contributed by atoms with Gasteiger partial charge in [0, 0.05) is 24.7 Å². The van der Waals surface area contributed by atoms with Gasteiger partial charge in [0.15, 0.2) is 10.9 Å². The average Bonchev–Trinajstić information content (AvgIpc) is 3.31. The molecule has 0 saturated heterocycles. The predicted molar refractivity (Wildman–Crippen MR) is 147 cm³/mol. The van der Waals surface area contributed by atoms with E-state index < -0.39 is 27.6 Å². The van der Waals surface area contributed by atoms with Crippen LogP contribution in [0.5, 0.6) is 0 Å². The number of hydrogen-bond donors (Lipinski definition) is 0. The lowest BCUT2D eigenvalue weighted by Gasteiger charge is -2.23. The first-order chi connectivity index (χ1) is 18.1. The van der Waals surface area contributed by atoms with E-state index in [9.17, 15) is 22.0 Å². The third-order valence-corrected chi connectivity index (χ3v) is 8.83. The van der Waals surface area contributed by atoms with E-state index in [1.165, 1.54) is 39.5 Å². The van der Waals surface area contributed by atoms with Crippen LogP contribution >= 0.6 is 11.3 Å². The summed E-state index contributed by atoms with van der Waals surface area (Å²) in [6.45, 7) is 2.97. The van der Waals surface area contributed by atoms with Crippen molar-refractivity contribution in [2.45, 2.75) is 18.2 Å². The molecule has 0 spiro atoms. The Kier molecular flexibility index (Phi) is 8.39. The zero-order chi connectivity index (χ0) is 27.4. The predicted octanol–water partition coefficient (Wildman–Crippen LogP) is 5.39. The number of fused-ring (bicyclic) bond motifs is 1. The molecule has 7 nitrogen and oxygen atoms in total. The second-order valence-electron chi connectivity index (χ2n) is 8.87. The minimum absolute atomic E-state index is 0.00109. The van der Waals surface area contributed by atoms with Crippen LogP contribution in [-0.2, 0) is 10.0 Å². The molecular formula is C27H28F2N4O3S2. The summed E-state index contributed by atoms with van der Waals surface area (Å²) >= 11 is 1.03. The SMILES string of the molecule is CCN(c1ccccc1)S(=O)(=O)c1ccc(C(=O)N(CCCN(C)C)c2nc3c(F)cc(F)cc3s2)cc1. The number of amides is 1. The number of para-hydroxylation sites is 1. The van der Waals surface area contributed by atoms with Gasteiger partial charge in [0.05, 0.1) is 15.3 Å². The van der Waals surface area contributed by atoms with Gasteiger partial charge in [-0.3, -0.25) is 14.0 Å². The number of benzene rings is 3. The summed E-state index contributed by atoms with van der Waals surface area (Å²) in [4.78, 5) is 21.3. The topological polar surface area (TPSA) is 73.8 Å². The Hall–Kier alpha value is -3.41. The number of hydrogen-bond acceptors (Lipinski definition) is 6. The van der Waals surface area contributed by atoms with Crippen LogP contribution in [0.3, 0.4) is 0 Å². The highest BCUT2D eigenvalue weighted by Gasteiger charge is 2.26. The van der Waals surface area contributed by atoms with Crippen molar-refractivity contribution in [2.75, 3.05) is 42.9 Å². The maximum atomic E-state index is 14.3. The first-order valence-electron chi connectivity index (χ1n) is 12.0. The molecule has 0 aliphatic heterocycles. The van der Waals surface area contributed by atoms with E-state index in [0.29, 0.717) is 29.9 Å². The van der Waals surface area contributed by atoms with E-state index in [-0.39, 0.29) is 27.7 Å². The van der Waals surface area contributed by atoms with E-state index in [4.69, 9.17) is 0 Å². The third-order valence-electron chi connectivity index (χ3n) is 5.89. The van der Waals surface area contributed by atoms with E-state index in [0.717, 1.165) is 17.4 Å². The van der Waals surface area contributed by atoms with Gasteiger partial charge < -0.3 is 4.90 Å². The molecule has 0 N–H and O–H groups in total. The molecule has 200 valence electrons. The number of halogens is 2. The fourth-order valence-corrected chi connectivity index (χ4v) is 6.53. The molecule has 1 aromatic heterocycles. The smallest absolute Gasteiger partial charge is 0.264 e. The highest BCUT2D eigenvalue weighted by Crippen LogP contribution is 2.32. The highest BCUT2D eigenvalue weighted by atomic mass is 32.2. The van der Waals surface area contributed by atoms with Crippen LogP contribution < -0.4 is 9.21 Å². The number of carbonyl (C=O) groups is 1.